The van der Waals surface area contributed by atoms with Gasteiger partial charge >= 0.3 is 6.09 Å². The lowest BCUT2D eigenvalue weighted by Gasteiger charge is -2.37. The van der Waals surface area contributed by atoms with Crippen LogP contribution in [0.3, 0.4) is 0 Å². The van der Waals surface area contributed by atoms with E-state index in [4.69, 9.17) is 4.74 Å². The number of benzene rings is 1. The summed E-state index contributed by atoms with van der Waals surface area (Å²) in [6, 6.07) is 8.01. The van der Waals surface area contributed by atoms with E-state index in [0.29, 0.717) is 13.1 Å². The van der Waals surface area contributed by atoms with E-state index in [9.17, 15) is 9.59 Å². The number of rotatable bonds is 4. The molecule has 1 aromatic carbocycles. The topological polar surface area (TPSA) is 65.1 Å². The first-order valence-corrected chi connectivity index (χ1v) is 11.1. The third-order valence-corrected chi connectivity index (χ3v) is 5.77. The summed E-state index contributed by atoms with van der Waals surface area (Å²) in [4.78, 5) is 31.9. The Bertz CT molecular complexity index is 738. The van der Waals surface area contributed by atoms with Crippen molar-refractivity contribution in [2.24, 2.45) is 5.92 Å². The number of carbonyl (C=O) groups is 2. The fraction of sp³-hybridized carbons (Fsp3) is 0.652. The van der Waals surface area contributed by atoms with Gasteiger partial charge < -0.3 is 24.8 Å². The summed E-state index contributed by atoms with van der Waals surface area (Å²) >= 11 is 0. The Labute approximate surface area is 180 Å². The van der Waals surface area contributed by atoms with Crippen LogP contribution in [0.4, 0.5) is 16.2 Å². The van der Waals surface area contributed by atoms with Crippen LogP contribution in [0, 0.1) is 5.92 Å². The van der Waals surface area contributed by atoms with Crippen molar-refractivity contribution in [3.63, 3.8) is 0 Å². The molecule has 30 heavy (non-hydrogen) atoms. The molecule has 2 aliphatic heterocycles. The molecule has 0 radical (unpaired) electrons. The first kappa shape index (κ1) is 22.4. The summed E-state index contributed by atoms with van der Waals surface area (Å²) in [5, 5.41) is 3.14. The van der Waals surface area contributed by atoms with Crippen molar-refractivity contribution in [2.75, 3.05) is 56.0 Å². The molecule has 0 saturated carbocycles. The highest BCUT2D eigenvalue weighted by atomic mass is 16.6. The zero-order valence-electron chi connectivity index (χ0n) is 18.8. The second-order valence-corrected chi connectivity index (χ2v) is 9.19. The SMILES string of the molecule is CCN1CCN(c2ccccc2NC(=O)C2CCCN(C(=O)OC(C)(C)C)C2)CC1. The number of hydrogen-bond acceptors (Lipinski definition) is 5. The number of ether oxygens (including phenoxy) is 1. The molecule has 1 aromatic rings. The minimum absolute atomic E-state index is 0.0251. The van der Waals surface area contributed by atoms with Crippen LogP contribution >= 0.6 is 0 Å². The largest absolute Gasteiger partial charge is 0.444 e. The van der Waals surface area contributed by atoms with E-state index in [0.717, 1.165) is 56.9 Å². The lowest BCUT2D eigenvalue weighted by Crippen LogP contribution is -2.47. The molecule has 2 fully saturated rings. The first-order chi connectivity index (χ1) is 14.3. The van der Waals surface area contributed by atoms with Gasteiger partial charge in [0.2, 0.25) is 5.91 Å². The summed E-state index contributed by atoms with van der Waals surface area (Å²) < 4.78 is 5.48. The highest BCUT2D eigenvalue weighted by Crippen LogP contribution is 2.28. The monoisotopic (exact) mass is 416 g/mol. The Morgan fingerprint density at radius 3 is 2.47 bits per heavy atom. The van der Waals surface area contributed by atoms with E-state index >= 15 is 0 Å². The van der Waals surface area contributed by atoms with Crippen LogP contribution in [0.25, 0.3) is 0 Å². The van der Waals surface area contributed by atoms with Crippen molar-refractivity contribution in [2.45, 2.75) is 46.1 Å². The molecule has 1 N–H and O–H groups in total. The van der Waals surface area contributed by atoms with Gasteiger partial charge in [0.25, 0.3) is 0 Å². The van der Waals surface area contributed by atoms with Crippen molar-refractivity contribution >= 4 is 23.4 Å². The molecular weight excluding hydrogens is 380 g/mol. The molecule has 166 valence electrons. The van der Waals surface area contributed by atoms with Gasteiger partial charge in [0, 0.05) is 39.3 Å². The number of amides is 2. The molecule has 7 nitrogen and oxygen atoms in total. The number of anilines is 2. The van der Waals surface area contributed by atoms with Gasteiger partial charge in [-0.2, -0.15) is 0 Å². The van der Waals surface area contributed by atoms with Crippen molar-refractivity contribution < 1.29 is 14.3 Å². The fourth-order valence-electron chi connectivity index (χ4n) is 4.08. The van der Waals surface area contributed by atoms with Gasteiger partial charge in [0.15, 0.2) is 0 Å². The standard InChI is InChI=1S/C23H36N4O3/c1-5-25-13-15-26(16-14-25)20-11-7-6-10-19(20)24-21(28)18-9-8-12-27(17-18)22(29)30-23(2,3)4/h6-7,10-11,18H,5,8-9,12-17H2,1-4H3,(H,24,28). The Morgan fingerprint density at radius 1 is 1.10 bits per heavy atom. The summed E-state index contributed by atoms with van der Waals surface area (Å²) in [7, 11) is 0. The van der Waals surface area contributed by atoms with Gasteiger partial charge in [-0.15, -0.1) is 0 Å². The number of piperazine rings is 1. The van der Waals surface area contributed by atoms with E-state index in [-0.39, 0.29) is 17.9 Å². The molecule has 2 heterocycles. The molecule has 2 aliphatic rings. The first-order valence-electron chi connectivity index (χ1n) is 11.1. The Balaban J connectivity index is 1.63. The van der Waals surface area contributed by atoms with Crippen molar-refractivity contribution in [3.8, 4) is 0 Å². The van der Waals surface area contributed by atoms with Gasteiger partial charge in [-0.1, -0.05) is 19.1 Å². The van der Waals surface area contributed by atoms with Gasteiger partial charge in [0.05, 0.1) is 17.3 Å². The van der Waals surface area contributed by atoms with Gasteiger partial charge in [0.1, 0.15) is 5.60 Å². The third kappa shape index (κ3) is 5.88. The lowest BCUT2D eigenvalue weighted by atomic mass is 9.97. The quantitative estimate of drug-likeness (QED) is 0.815. The number of para-hydroxylation sites is 2. The average molecular weight is 417 g/mol. The van der Waals surface area contributed by atoms with Crippen molar-refractivity contribution in [1.29, 1.82) is 0 Å². The second-order valence-electron chi connectivity index (χ2n) is 9.19. The van der Waals surface area contributed by atoms with Crippen molar-refractivity contribution in [3.05, 3.63) is 24.3 Å². The normalized spacial score (nSPS) is 20.7. The molecule has 1 atom stereocenters. The zero-order valence-corrected chi connectivity index (χ0v) is 18.8. The minimum atomic E-state index is -0.535. The molecule has 7 heteroatoms. The second kappa shape index (κ2) is 9.69. The van der Waals surface area contributed by atoms with Gasteiger partial charge in [-0.05, 0) is 52.3 Å². The van der Waals surface area contributed by atoms with Crippen LogP contribution in [0.15, 0.2) is 24.3 Å². The average Bonchev–Trinajstić information content (AvgIpc) is 2.73. The number of piperidine rings is 1. The molecule has 0 aromatic heterocycles. The third-order valence-electron chi connectivity index (χ3n) is 5.77. The maximum atomic E-state index is 13.0. The predicted octanol–water partition coefficient (Wildman–Crippen LogP) is 3.41. The minimum Gasteiger partial charge on any atom is -0.444 e. The number of nitrogens with zero attached hydrogens (tertiary/aromatic N) is 3. The smallest absolute Gasteiger partial charge is 0.410 e. The number of hydrogen-bond donors (Lipinski definition) is 1. The van der Waals surface area contributed by atoms with E-state index < -0.39 is 5.60 Å². The lowest BCUT2D eigenvalue weighted by molar-refractivity contribution is -0.121. The highest BCUT2D eigenvalue weighted by Gasteiger charge is 2.31. The summed E-state index contributed by atoms with van der Waals surface area (Å²) in [5.41, 5.74) is 1.38. The summed E-state index contributed by atoms with van der Waals surface area (Å²) in [5.74, 6) is -0.251. The highest BCUT2D eigenvalue weighted by molar-refractivity contribution is 5.96. The Kier molecular flexibility index (Phi) is 7.23. The molecule has 0 spiro atoms. The predicted molar refractivity (Wildman–Crippen MR) is 120 cm³/mol. The van der Waals surface area contributed by atoms with Crippen LogP contribution in [0.1, 0.15) is 40.5 Å². The zero-order chi connectivity index (χ0) is 21.7. The summed E-state index contributed by atoms with van der Waals surface area (Å²) in [6.45, 7) is 13.8. The van der Waals surface area contributed by atoms with Crippen LogP contribution in [0.5, 0.6) is 0 Å². The fourth-order valence-corrected chi connectivity index (χ4v) is 4.08. The van der Waals surface area contributed by atoms with Crippen LogP contribution in [0.2, 0.25) is 0 Å². The van der Waals surface area contributed by atoms with Gasteiger partial charge in [-0.25, -0.2) is 4.79 Å². The molecule has 3 rings (SSSR count). The van der Waals surface area contributed by atoms with E-state index in [1.165, 1.54) is 0 Å². The van der Waals surface area contributed by atoms with Crippen LogP contribution < -0.4 is 10.2 Å². The Hall–Kier alpha value is -2.28. The van der Waals surface area contributed by atoms with Crippen LogP contribution in [-0.4, -0.2) is 73.2 Å². The van der Waals surface area contributed by atoms with Crippen molar-refractivity contribution in [1.82, 2.24) is 9.80 Å². The van der Waals surface area contributed by atoms with E-state index in [1.807, 2.05) is 39.0 Å². The van der Waals surface area contributed by atoms with Crippen LogP contribution in [-0.2, 0) is 9.53 Å². The molecule has 2 saturated heterocycles. The molecular formula is C23H36N4O3. The number of carbonyl (C=O) groups excluding carboxylic acids is 2. The Morgan fingerprint density at radius 2 is 1.80 bits per heavy atom. The van der Waals surface area contributed by atoms with E-state index in [2.05, 4.69) is 28.1 Å². The van der Waals surface area contributed by atoms with E-state index in [1.54, 1.807) is 4.90 Å². The number of likely N-dealkylation sites (tertiary alicyclic amines) is 1. The molecule has 1 unspecified atom stereocenters. The molecule has 2 amide bonds. The maximum absolute atomic E-state index is 13.0. The number of likely N-dealkylation sites (N-methyl/N-ethyl adjacent to an activating group) is 1. The summed E-state index contributed by atoms with van der Waals surface area (Å²) in [6.07, 6.45) is 1.25. The molecule has 0 bridgehead atoms. The van der Waals surface area contributed by atoms with Gasteiger partial charge in [-0.3, -0.25) is 4.79 Å². The molecule has 0 aliphatic carbocycles. The maximum Gasteiger partial charge on any atom is 0.410 e. The number of nitrogens with one attached hydrogen (secondary N) is 1.